The fourth-order valence-electron chi connectivity index (χ4n) is 4.22. The van der Waals surface area contributed by atoms with E-state index in [9.17, 15) is 9.18 Å². The third kappa shape index (κ3) is 5.10. The second-order valence-corrected chi connectivity index (χ2v) is 8.07. The van der Waals surface area contributed by atoms with Crippen molar-refractivity contribution in [1.29, 1.82) is 0 Å². The fraction of sp³-hybridized carbons (Fsp3) is 0.458. The molecule has 1 atom stereocenters. The summed E-state index contributed by atoms with van der Waals surface area (Å²) in [6, 6.07) is 10.1. The Morgan fingerprint density at radius 1 is 1.06 bits per heavy atom. The first-order valence-corrected chi connectivity index (χ1v) is 11.0. The molecule has 2 aliphatic heterocycles. The molecule has 2 aromatic carbocycles. The highest BCUT2D eigenvalue weighted by molar-refractivity contribution is 5.79. The van der Waals surface area contributed by atoms with Crippen LogP contribution in [0.4, 0.5) is 10.1 Å². The first-order chi connectivity index (χ1) is 15.0. The van der Waals surface area contributed by atoms with E-state index in [1.807, 2.05) is 31.2 Å². The molecule has 2 aliphatic rings. The predicted octanol–water partition coefficient (Wildman–Crippen LogP) is 3.16. The van der Waals surface area contributed by atoms with Crippen molar-refractivity contribution in [1.82, 2.24) is 10.2 Å². The number of hydrogen-bond acceptors (Lipinski definition) is 5. The van der Waals surface area contributed by atoms with Gasteiger partial charge in [-0.25, -0.2) is 4.39 Å². The normalized spacial score (nSPS) is 17.3. The van der Waals surface area contributed by atoms with Gasteiger partial charge in [0.1, 0.15) is 19.0 Å². The molecule has 0 bridgehead atoms. The van der Waals surface area contributed by atoms with E-state index in [0.29, 0.717) is 24.7 Å². The van der Waals surface area contributed by atoms with Gasteiger partial charge in [0.2, 0.25) is 5.91 Å². The van der Waals surface area contributed by atoms with Gasteiger partial charge in [-0.3, -0.25) is 4.79 Å². The number of carbonyl (C=O) groups is 1. The van der Waals surface area contributed by atoms with Crippen LogP contribution in [0.2, 0.25) is 0 Å². The van der Waals surface area contributed by atoms with Crippen molar-refractivity contribution in [3.05, 3.63) is 53.3 Å². The van der Waals surface area contributed by atoms with E-state index in [1.165, 1.54) is 12.1 Å². The van der Waals surface area contributed by atoms with E-state index in [0.717, 1.165) is 49.5 Å². The third-order valence-electron chi connectivity index (χ3n) is 5.97. The zero-order valence-corrected chi connectivity index (χ0v) is 18.2. The van der Waals surface area contributed by atoms with Gasteiger partial charge < -0.3 is 24.6 Å². The fourth-order valence-corrected chi connectivity index (χ4v) is 4.22. The molecule has 0 saturated carbocycles. The maximum Gasteiger partial charge on any atom is 0.224 e. The van der Waals surface area contributed by atoms with Crippen LogP contribution in [0.15, 0.2) is 36.4 Å². The summed E-state index contributed by atoms with van der Waals surface area (Å²) in [5, 5.41) is 3.04. The number of carbonyl (C=O) groups excluding carboxylic acids is 1. The minimum absolute atomic E-state index is 0.116. The number of benzene rings is 2. The zero-order chi connectivity index (χ0) is 21.8. The summed E-state index contributed by atoms with van der Waals surface area (Å²) in [5.74, 6) is 0.966. The number of nitrogens with zero attached hydrogens (tertiary/aromatic N) is 2. The Labute approximate surface area is 182 Å². The number of likely N-dealkylation sites (N-methyl/N-ethyl adjacent to an activating group) is 1. The lowest BCUT2D eigenvalue weighted by molar-refractivity contribution is -0.121. The molecule has 1 amide bonds. The van der Waals surface area contributed by atoms with Crippen molar-refractivity contribution in [2.45, 2.75) is 26.3 Å². The van der Waals surface area contributed by atoms with Crippen LogP contribution in [-0.4, -0.2) is 56.7 Å². The molecule has 0 spiro atoms. The van der Waals surface area contributed by atoms with E-state index in [1.54, 1.807) is 0 Å². The third-order valence-corrected chi connectivity index (χ3v) is 5.97. The lowest BCUT2D eigenvalue weighted by atomic mass is 10.0. The summed E-state index contributed by atoms with van der Waals surface area (Å²) in [7, 11) is 0. The minimum atomic E-state index is -0.306. The standard InChI is InChI=1S/C24H30FN3O3/c1-3-27-8-10-28(11-9-27)21-6-5-19(25)16-20(21)17(2)26-24(29)15-18-4-7-22-23(14-18)31-13-12-30-22/h4-7,14,16-17H,3,8-13,15H2,1-2H3,(H,26,29). The van der Waals surface area contributed by atoms with Crippen molar-refractivity contribution in [2.24, 2.45) is 0 Å². The van der Waals surface area contributed by atoms with Crippen molar-refractivity contribution in [3.8, 4) is 11.5 Å². The number of nitrogens with one attached hydrogen (secondary N) is 1. The molecule has 2 heterocycles. The number of fused-ring (bicyclic) bond motifs is 1. The zero-order valence-electron chi connectivity index (χ0n) is 18.2. The van der Waals surface area contributed by atoms with Crippen LogP contribution >= 0.6 is 0 Å². The number of hydrogen-bond donors (Lipinski definition) is 1. The van der Waals surface area contributed by atoms with Crippen LogP contribution in [0.3, 0.4) is 0 Å². The molecule has 6 nitrogen and oxygen atoms in total. The van der Waals surface area contributed by atoms with Gasteiger partial charge in [0.15, 0.2) is 11.5 Å². The van der Waals surface area contributed by atoms with Crippen molar-refractivity contribution in [2.75, 3.05) is 50.8 Å². The van der Waals surface area contributed by atoms with Crippen LogP contribution < -0.4 is 19.7 Å². The van der Waals surface area contributed by atoms with Crippen molar-refractivity contribution < 1.29 is 18.7 Å². The molecular weight excluding hydrogens is 397 g/mol. The van der Waals surface area contributed by atoms with Crippen LogP contribution in [0.5, 0.6) is 11.5 Å². The summed E-state index contributed by atoms with van der Waals surface area (Å²) >= 11 is 0. The monoisotopic (exact) mass is 427 g/mol. The molecule has 1 saturated heterocycles. The lowest BCUT2D eigenvalue weighted by Gasteiger charge is -2.37. The van der Waals surface area contributed by atoms with Gasteiger partial charge >= 0.3 is 0 Å². The molecule has 1 fully saturated rings. The quantitative estimate of drug-likeness (QED) is 0.768. The van der Waals surface area contributed by atoms with E-state index in [-0.39, 0.29) is 24.2 Å². The van der Waals surface area contributed by atoms with Crippen LogP contribution in [0.1, 0.15) is 31.0 Å². The number of ether oxygens (including phenoxy) is 2. The first-order valence-electron chi connectivity index (χ1n) is 11.0. The Bertz CT molecular complexity index is 928. The van der Waals surface area contributed by atoms with Gasteiger partial charge in [-0.2, -0.15) is 0 Å². The molecule has 31 heavy (non-hydrogen) atoms. The molecule has 1 unspecified atom stereocenters. The van der Waals surface area contributed by atoms with Gasteiger partial charge in [0.25, 0.3) is 0 Å². The number of piperazine rings is 1. The van der Waals surface area contributed by atoms with E-state index in [2.05, 4.69) is 22.0 Å². The maximum absolute atomic E-state index is 14.1. The Kier molecular flexibility index (Phi) is 6.61. The molecule has 0 aromatic heterocycles. The number of amides is 1. The Hall–Kier alpha value is -2.80. The Morgan fingerprint density at radius 2 is 1.81 bits per heavy atom. The van der Waals surface area contributed by atoms with E-state index >= 15 is 0 Å². The summed E-state index contributed by atoms with van der Waals surface area (Å²) in [6.07, 6.45) is 0.223. The SMILES string of the molecule is CCN1CCN(c2ccc(F)cc2C(C)NC(=O)Cc2ccc3c(c2)OCCO3)CC1. The molecule has 4 rings (SSSR count). The molecule has 2 aromatic rings. The summed E-state index contributed by atoms with van der Waals surface area (Å²) in [4.78, 5) is 17.4. The largest absolute Gasteiger partial charge is 0.486 e. The smallest absolute Gasteiger partial charge is 0.224 e. The topological polar surface area (TPSA) is 54.0 Å². The molecular formula is C24H30FN3O3. The molecule has 7 heteroatoms. The molecule has 1 N–H and O–H groups in total. The highest BCUT2D eigenvalue weighted by Crippen LogP contribution is 2.31. The van der Waals surface area contributed by atoms with E-state index < -0.39 is 0 Å². The van der Waals surface area contributed by atoms with Crippen LogP contribution in [0.25, 0.3) is 0 Å². The second kappa shape index (κ2) is 9.56. The predicted molar refractivity (Wildman–Crippen MR) is 118 cm³/mol. The molecule has 0 radical (unpaired) electrons. The number of anilines is 1. The summed E-state index contributed by atoms with van der Waals surface area (Å²) in [5.41, 5.74) is 2.65. The first kappa shape index (κ1) is 21.4. The highest BCUT2D eigenvalue weighted by atomic mass is 19.1. The van der Waals surface area contributed by atoms with Crippen LogP contribution in [0, 0.1) is 5.82 Å². The van der Waals surface area contributed by atoms with Crippen molar-refractivity contribution in [3.63, 3.8) is 0 Å². The minimum Gasteiger partial charge on any atom is -0.486 e. The number of rotatable bonds is 6. The number of halogens is 1. The summed E-state index contributed by atoms with van der Waals surface area (Å²) < 4.78 is 25.2. The Balaban J connectivity index is 1.43. The van der Waals surface area contributed by atoms with Gasteiger partial charge in [-0.1, -0.05) is 13.0 Å². The highest BCUT2D eigenvalue weighted by Gasteiger charge is 2.22. The van der Waals surface area contributed by atoms with Gasteiger partial charge in [0, 0.05) is 37.4 Å². The Morgan fingerprint density at radius 3 is 2.55 bits per heavy atom. The van der Waals surface area contributed by atoms with E-state index in [4.69, 9.17) is 9.47 Å². The van der Waals surface area contributed by atoms with Gasteiger partial charge in [-0.15, -0.1) is 0 Å². The summed E-state index contributed by atoms with van der Waals surface area (Å²) in [6.45, 7) is 9.91. The van der Waals surface area contributed by atoms with Crippen LogP contribution in [-0.2, 0) is 11.2 Å². The average Bonchev–Trinajstić information content (AvgIpc) is 2.79. The van der Waals surface area contributed by atoms with Gasteiger partial charge in [-0.05, 0) is 49.4 Å². The van der Waals surface area contributed by atoms with Gasteiger partial charge in [0.05, 0.1) is 12.5 Å². The molecule has 0 aliphatic carbocycles. The maximum atomic E-state index is 14.1. The molecule has 166 valence electrons. The van der Waals surface area contributed by atoms with Crippen molar-refractivity contribution >= 4 is 11.6 Å². The lowest BCUT2D eigenvalue weighted by Crippen LogP contribution is -2.46. The average molecular weight is 428 g/mol. The second-order valence-electron chi connectivity index (χ2n) is 8.07.